The molecule has 0 radical (unpaired) electrons. The average molecular weight is 366 g/mol. The minimum atomic E-state index is -0.0697. The number of nitrogens with zero attached hydrogens (tertiary/aromatic N) is 2. The zero-order valence-corrected chi connectivity index (χ0v) is 15.5. The van der Waals surface area contributed by atoms with Gasteiger partial charge in [-0.05, 0) is 49.2 Å². The first-order valence-corrected chi connectivity index (χ1v) is 8.80. The minimum absolute atomic E-state index is 0.0390. The Balaban J connectivity index is 1.70. The fourth-order valence-corrected chi connectivity index (χ4v) is 3.34. The van der Waals surface area contributed by atoms with Crippen molar-refractivity contribution in [3.63, 3.8) is 0 Å². The molecule has 27 heavy (non-hydrogen) atoms. The average Bonchev–Trinajstić information content (AvgIpc) is 3.21. The van der Waals surface area contributed by atoms with E-state index in [9.17, 15) is 4.79 Å². The topological polar surface area (TPSA) is 71.8 Å². The van der Waals surface area contributed by atoms with Crippen molar-refractivity contribution >= 4 is 5.91 Å². The normalized spacial score (nSPS) is 15.9. The van der Waals surface area contributed by atoms with Crippen LogP contribution in [0.1, 0.15) is 30.0 Å². The van der Waals surface area contributed by atoms with Crippen molar-refractivity contribution in [2.45, 2.75) is 18.9 Å². The van der Waals surface area contributed by atoms with Crippen LogP contribution in [-0.4, -0.2) is 38.2 Å². The molecule has 1 aliphatic heterocycles. The van der Waals surface area contributed by atoms with Crippen LogP contribution in [0.25, 0.3) is 0 Å². The Morgan fingerprint density at radius 3 is 2.56 bits per heavy atom. The summed E-state index contributed by atoms with van der Waals surface area (Å²) >= 11 is 0. The van der Waals surface area contributed by atoms with Gasteiger partial charge in [0.2, 0.25) is 0 Å². The van der Waals surface area contributed by atoms with Gasteiger partial charge in [0, 0.05) is 18.2 Å². The zero-order valence-electron chi connectivity index (χ0n) is 15.5. The van der Waals surface area contributed by atoms with Crippen LogP contribution in [0.5, 0.6) is 17.2 Å². The van der Waals surface area contributed by atoms with Crippen molar-refractivity contribution in [1.29, 1.82) is 5.26 Å². The van der Waals surface area contributed by atoms with Crippen LogP contribution < -0.4 is 14.2 Å². The smallest absolute Gasteiger partial charge is 0.261 e. The molecule has 0 spiro atoms. The van der Waals surface area contributed by atoms with Gasteiger partial charge in [-0.3, -0.25) is 4.79 Å². The van der Waals surface area contributed by atoms with Gasteiger partial charge in [-0.15, -0.1) is 0 Å². The quantitative estimate of drug-likeness (QED) is 0.784. The first-order valence-electron chi connectivity index (χ1n) is 8.80. The first kappa shape index (κ1) is 18.6. The van der Waals surface area contributed by atoms with Gasteiger partial charge in [0.1, 0.15) is 17.2 Å². The Labute approximate surface area is 158 Å². The summed E-state index contributed by atoms with van der Waals surface area (Å²) in [5.74, 6) is 1.93. The fourth-order valence-electron chi connectivity index (χ4n) is 3.34. The zero-order chi connectivity index (χ0) is 19.2. The van der Waals surface area contributed by atoms with Crippen molar-refractivity contribution in [2.24, 2.45) is 0 Å². The third-order valence-electron chi connectivity index (χ3n) is 4.72. The van der Waals surface area contributed by atoms with E-state index in [0.717, 1.165) is 24.2 Å². The van der Waals surface area contributed by atoms with Gasteiger partial charge in [-0.2, -0.15) is 5.26 Å². The molecule has 2 aromatic rings. The highest BCUT2D eigenvalue weighted by Crippen LogP contribution is 2.38. The van der Waals surface area contributed by atoms with E-state index < -0.39 is 0 Å². The Morgan fingerprint density at radius 2 is 1.89 bits per heavy atom. The lowest BCUT2D eigenvalue weighted by Gasteiger charge is -2.26. The molecule has 1 heterocycles. The van der Waals surface area contributed by atoms with E-state index in [1.807, 2.05) is 23.1 Å². The lowest BCUT2D eigenvalue weighted by molar-refractivity contribution is -0.134. The number of hydrogen-bond donors (Lipinski definition) is 0. The van der Waals surface area contributed by atoms with Gasteiger partial charge in [-0.25, -0.2) is 0 Å². The Hall–Kier alpha value is -3.20. The Bertz CT molecular complexity index is 842. The van der Waals surface area contributed by atoms with Gasteiger partial charge in [-0.1, -0.05) is 0 Å². The fraction of sp³-hybridized carbons (Fsp3) is 0.333. The van der Waals surface area contributed by atoms with E-state index in [2.05, 4.69) is 6.07 Å². The van der Waals surface area contributed by atoms with Crippen molar-refractivity contribution in [3.05, 3.63) is 53.6 Å². The molecule has 140 valence electrons. The van der Waals surface area contributed by atoms with Gasteiger partial charge in [0.05, 0.1) is 31.9 Å². The van der Waals surface area contributed by atoms with Crippen LogP contribution in [0.3, 0.4) is 0 Å². The van der Waals surface area contributed by atoms with Crippen LogP contribution in [0.15, 0.2) is 42.5 Å². The largest absolute Gasteiger partial charge is 0.497 e. The first-order chi connectivity index (χ1) is 13.2. The SMILES string of the molecule is COc1ccc([C@@H]2CCCN2C(=O)COc2ccc(C#N)cc2)c(OC)c1. The number of carbonyl (C=O) groups is 1. The second kappa shape index (κ2) is 8.45. The van der Waals surface area contributed by atoms with E-state index in [1.165, 1.54) is 0 Å². The number of methoxy groups -OCH3 is 2. The molecule has 0 saturated carbocycles. The molecule has 1 aliphatic rings. The Morgan fingerprint density at radius 1 is 1.15 bits per heavy atom. The summed E-state index contributed by atoms with van der Waals surface area (Å²) in [6, 6.07) is 14.4. The standard InChI is InChI=1S/C21H22N2O4/c1-25-17-9-10-18(20(12-17)26-2)19-4-3-11-23(19)21(24)14-27-16-7-5-15(13-22)6-8-16/h5-10,12,19H,3-4,11,14H2,1-2H3/t19-/m0/s1. The summed E-state index contributed by atoms with van der Waals surface area (Å²) < 4.78 is 16.4. The number of benzene rings is 2. The van der Waals surface area contributed by atoms with Gasteiger partial charge in [0.25, 0.3) is 5.91 Å². The minimum Gasteiger partial charge on any atom is -0.497 e. The summed E-state index contributed by atoms with van der Waals surface area (Å²) in [4.78, 5) is 14.6. The van der Waals surface area contributed by atoms with Gasteiger partial charge in [0.15, 0.2) is 6.61 Å². The molecule has 1 amide bonds. The molecule has 0 bridgehead atoms. The molecule has 3 rings (SSSR count). The highest BCUT2D eigenvalue weighted by atomic mass is 16.5. The summed E-state index contributed by atoms with van der Waals surface area (Å²) in [6.07, 6.45) is 1.81. The number of amides is 1. The van der Waals surface area contributed by atoms with Gasteiger partial charge >= 0.3 is 0 Å². The number of carbonyl (C=O) groups excluding carboxylic acids is 1. The molecule has 1 saturated heterocycles. The van der Waals surface area contributed by atoms with Crippen LogP contribution in [0.4, 0.5) is 0 Å². The second-order valence-electron chi connectivity index (χ2n) is 6.28. The molecule has 0 unspecified atom stereocenters. The molecule has 6 nitrogen and oxygen atoms in total. The molecule has 1 fully saturated rings. The molecule has 1 atom stereocenters. The van der Waals surface area contributed by atoms with E-state index >= 15 is 0 Å². The van der Waals surface area contributed by atoms with Crippen LogP contribution in [0.2, 0.25) is 0 Å². The van der Waals surface area contributed by atoms with E-state index in [4.69, 9.17) is 19.5 Å². The second-order valence-corrected chi connectivity index (χ2v) is 6.28. The number of likely N-dealkylation sites (tertiary alicyclic amines) is 1. The maximum absolute atomic E-state index is 12.7. The predicted octanol–water partition coefficient (Wildman–Crippen LogP) is 3.32. The van der Waals surface area contributed by atoms with Gasteiger partial charge < -0.3 is 19.1 Å². The van der Waals surface area contributed by atoms with Crippen LogP contribution in [0, 0.1) is 11.3 Å². The molecule has 0 N–H and O–H groups in total. The number of rotatable bonds is 6. The number of nitriles is 1. The summed E-state index contributed by atoms with van der Waals surface area (Å²) in [6.45, 7) is 0.649. The van der Waals surface area contributed by atoms with Crippen molar-refractivity contribution in [1.82, 2.24) is 4.90 Å². The lowest BCUT2D eigenvalue weighted by atomic mass is 10.0. The highest BCUT2D eigenvalue weighted by Gasteiger charge is 2.32. The number of hydrogen-bond acceptors (Lipinski definition) is 5. The van der Waals surface area contributed by atoms with Crippen LogP contribution >= 0.6 is 0 Å². The Kier molecular flexibility index (Phi) is 5.82. The third-order valence-corrected chi connectivity index (χ3v) is 4.72. The monoisotopic (exact) mass is 366 g/mol. The third kappa shape index (κ3) is 4.14. The summed E-state index contributed by atoms with van der Waals surface area (Å²) in [5, 5.41) is 8.83. The van der Waals surface area contributed by atoms with E-state index in [-0.39, 0.29) is 18.6 Å². The molecule has 0 aliphatic carbocycles. The molecule has 6 heteroatoms. The predicted molar refractivity (Wildman–Crippen MR) is 99.9 cm³/mol. The van der Waals surface area contributed by atoms with Crippen molar-refractivity contribution < 1.29 is 19.0 Å². The molecule has 0 aromatic heterocycles. The van der Waals surface area contributed by atoms with Crippen molar-refractivity contribution in [3.8, 4) is 23.3 Å². The molecular weight excluding hydrogens is 344 g/mol. The maximum atomic E-state index is 12.7. The summed E-state index contributed by atoms with van der Waals surface area (Å²) in [5.41, 5.74) is 1.53. The van der Waals surface area contributed by atoms with Crippen LogP contribution in [-0.2, 0) is 4.79 Å². The number of ether oxygens (including phenoxy) is 3. The van der Waals surface area contributed by atoms with E-state index in [0.29, 0.717) is 23.6 Å². The lowest BCUT2D eigenvalue weighted by Crippen LogP contribution is -2.34. The highest BCUT2D eigenvalue weighted by molar-refractivity contribution is 5.78. The summed E-state index contributed by atoms with van der Waals surface area (Å²) in [7, 11) is 3.23. The molecule has 2 aromatic carbocycles. The molecular formula is C21H22N2O4. The van der Waals surface area contributed by atoms with E-state index in [1.54, 1.807) is 38.5 Å². The maximum Gasteiger partial charge on any atom is 0.261 e. The van der Waals surface area contributed by atoms with Crippen molar-refractivity contribution in [2.75, 3.05) is 27.4 Å².